The molecule has 2 heterocycles. The maximum atomic E-state index is 12.1. The van der Waals surface area contributed by atoms with Crippen LogP contribution in [0.15, 0.2) is 53.0 Å². The molecule has 3 aromatic rings. The fraction of sp³-hybridized carbons (Fsp3) is 0.333. The molecule has 2 aromatic heterocycles. The van der Waals surface area contributed by atoms with Crippen molar-refractivity contribution in [2.45, 2.75) is 43.4 Å². The lowest BCUT2D eigenvalue weighted by Crippen LogP contribution is -2.39. The fourth-order valence-electron chi connectivity index (χ4n) is 3.04. The van der Waals surface area contributed by atoms with Gasteiger partial charge in [-0.05, 0) is 29.9 Å². The number of thiophene rings is 1. The van der Waals surface area contributed by atoms with Gasteiger partial charge in [-0.3, -0.25) is 10.1 Å². The van der Waals surface area contributed by atoms with Crippen LogP contribution in [0.25, 0.3) is 0 Å². The number of amides is 3. The van der Waals surface area contributed by atoms with Crippen molar-refractivity contribution < 1.29 is 9.59 Å². The molecule has 9 heteroatoms. The molecule has 1 saturated carbocycles. The molecule has 1 fully saturated rings. The summed E-state index contributed by atoms with van der Waals surface area (Å²) in [5.74, 6) is 1.22. The maximum absolute atomic E-state index is 12.1. The van der Waals surface area contributed by atoms with Gasteiger partial charge < -0.3 is 9.88 Å². The van der Waals surface area contributed by atoms with Crippen LogP contribution in [0, 0.1) is 0 Å². The van der Waals surface area contributed by atoms with E-state index in [1.165, 1.54) is 16.6 Å². The summed E-state index contributed by atoms with van der Waals surface area (Å²) in [6.45, 7) is 0.381. The number of aromatic nitrogens is 3. The predicted octanol–water partition coefficient (Wildman–Crippen LogP) is 3.77. The molecule has 0 saturated heterocycles. The van der Waals surface area contributed by atoms with Gasteiger partial charge in [-0.15, -0.1) is 21.5 Å². The van der Waals surface area contributed by atoms with E-state index in [2.05, 4.69) is 36.8 Å². The lowest BCUT2D eigenvalue weighted by atomic mass is 10.2. The summed E-state index contributed by atoms with van der Waals surface area (Å²) in [5.41, 5.74) is 0.980. The number of nitrogens with one attached hydrogen (secondary N) is 2. The van der Waals surface area contributed by atoms with Crippen LogP contribution >= 0.6 is 23.1 Å². The van der Waals surface area contributed by atoms with Gasteiger partial charge in [0.25, 0.3) is 0 Å². The smallest absolute Gasteiger partial charge is 0.321 e. The van der Waals surface area contributed by atoms with E-state index >= 15 is 0 Å². The van der Waals surface area contributed by atoms with Crippen molar-refractivity contribution in [1.82, 2.24) is 25.4 Å². The fourth-order valence-corrected chi connectivity index (χ4v) is 4.71. The maximum Gasteiger partial charge on any atom is 0.321 e. The second-order valence-corrected chi connectivity index (χ2v) is 9.17. The SMILES string of the molecule is O=C(CCSc1nnc(Cc2cccs2)n1C1CC1)NC(=O)NCc1ccccc1. The van der Waals surface area contributed by atoms with Gasteiger partial charge >= 0.3 is 6.03 Å². The zero-order valence-electron chi connectivity index (χ0n) is 16.4. The minimum atomic E-state index is -0.478. The minimum Gasteiger partial charge on any atom is -0.334 e. The molecule has 0 unspecified atom stereocenters. The van der Waals surface area contributed by atoms with Crippen molar-refractivity contribution in [2.24, 2.45) is 0 Å². The van der Waals surface area contributed by atoms with E-state index < -0.39 is 6.03 Å². The van der Waals surface area contributed by atoms with Crippen molar-refractivity contribution >= 4 is 35.0 Å². The molecule has 7 nitrogen and oxygen atoms in total. The third-order valence-electron chi connectivity index (χ3n) is 4.67. The highest BCUT2D eigenvalue weighted by Crippen LogP contribution is 2.39. The number of benzene rings is 1. The second-order valence-electron chi connectivity index (χ2n) is 7.07. The zero-order chi connectivity index (χ0) is 20.8. The Bertz CT molecular complexity index is 984. The Morgan fingerprint density at radius 2 is 1.97 bits per heavy atom. The van der Waals surface area contributed by atoms with Gasteiger partial charge in [0.2, 0.25) is 5.91 Å². The second kappa shape index (κ2) is 9.90. The zero-order valence-corrected chi connectivity index (χ0v) is 18.0. The van der Waals surface area contributed by atoms with E-state index in [0.717, 1.165) is 35.8 Å². The first-order chi connectivity index (χ1) is 14.7. The third kappa shape index (κ3) is 5.70. The molecule has 0 spiro atoms. The summed E-state index contributed by atoms with van der Waals surface area (Å²) in [4.78, 5) is 25.2. The van der Waals surface area contributed by atoms with E-state index in [9.17, 15) is 9.59 Å². The molecule has 156 valence electrons. The molecule has 1 aliphatic rings. The van der Waals surface area contributed by atoms with Crippen LogP contribution in [-0.2, 0) is 17.8 Å². The molecular formula is C21H23N5O2S2. The van der Waals surface area contributed by atoms with E-state index in [-0.39, 0.29) is 12.3 Å². The van der Waals surface area contributed by atoms with E-state index in [4.69, 9.17) is 0 Å². The number of hydrogen-bond donors (Lipinski definition) is 2. The molecule has 3 amide bonds. The van der Waals surface area contributed by atoms with Crippen LogP contribution in [0.4, 0.5) is 4.79 Å². The van der Waals surface area contributed by atoms with Crippen LogP contribution in [0.2, 0.25) is 0 Å². The number of carbonyl (C=O) groups excluding carboxylic acids is 2. The average Bonchev–Trinajstić information content (AvgIpc) is 3.30. The molecule has 0 radical (unpaired) electrons. The summed E-state index contributed by atoms with van der Waals surface area (Å²) in [5, 5.41) is 16.7. The van der Waals surface area contributed by atoms with Gasteiger partial charge in [-0.25, -0.2) is 4.79 Å². The Morgan fingerprint density at radius 1 is 1.13 bits per heavy atom. The van der Waals surface area contributed by atoms with Gasteiger partial charge in [0.05, 0.1) is 0 Å². The Kier molecular flexibility index (Phi) is 6.81. The Hall–Kier alpha value is -2.65. The summed E-state index contributed by atoms with van der Waals surface area (Å²) in [6.07, 6.45) is 3.31. The number of nitrogens with zero attached hydrogens (tertiary/aromatic N) is 3. The number of urea groups is 1. The summed E-state index contributed by atoms with van der Waals surface area (Å²) >= 11 is 3.23. The highest BCUT2D eigenvalue weighted by molar-refractivity contribution is 7.99. The van der Waals surface area contributed by atoms with Crippen molar-refractivity contribution in [2.75, 3.05) is 5.75 Å². The molecule has 4 rings (SSSR count). The molecule has 1 aliphatic carbocycles. The molecule has 30 heavy (non-hydrogen) atoms. The van der Waals surface area contributed by atoms with E-state index in [1.807, 2.05) is 36.4 Å². The standard InChI is InChI=1S/C21H23N5O2S2/c27-19(23-20(28)22-14-15-5-2-1-3-6-15)10-12-30-21-25-24-18(26(21)16-8-9-16)13-17-7-4-11-29-17/h1-7,11,16H,8-10,12-14H2,(H2,22,23,27,28). The molecular weight excluding hydrogens is 418 g/mol. The van der Waals surface area contributed by atoms with Crippen molar-refractivity contribution in [1.29, 1.82) is 0 Å². The highest BCUT2D eigenvalue weighted by Gasteiger charge is 2.29. The molecule has 1 aromatic carbocycles. The largest absolute Gasteiger partial charge is 0.334 e. The van der Waals surface area contributed by atoms with Gasteiger partial charge in [-0.2, -0.15) is 0 Å². The van der Waals surface area contributed by atoms with Crippen LogP contribution in [0.5, 0.6) is 0 Å². The quantitative estimate of drug-likeness (QED) is 0.494. The van der Waals surface area contributed by atoms with Gasteiger partial charge in [-0.1, -0.05) is 48.2 Å². The van der Waals surface area contributed by atoms with Gasteiger partial charge in [0.1, 0.15) is 5.82 Å². The van der Waals surface area contributed by atoms with Crippen molar-refractivity contribution in [3.8, 4) is 0 Å². The number of thioether (sulfide) groups is 1. The van der Waals surface area contributed by atoms with Crippen LogP contribution in [0.1, 0.15) is 41.6 Å². The number of hydrogen-bond acceptors (Lipinski definition) is 6. The molecule has 0 aliphatic heterocycles. The minimum absolute atomic E-state index is 0.237. The third-order valence-corrected chi connectivity index (χ3v) is 6.49. The highest BCUT2D eigenvalue weighted by atomic mass is 32.2. The van der Waals surface area contributed by atoms with E-state index in [0.29, 0.717) is 18.3 Å². The summed E-state index contributed by atoms with van der Waals surface area (Å²) in [7, 11) is 0. The van der Waals surface area contributed by atoms with Crippen LogP contribution in [0.3, 0.4) is 0 Å². The van der Waals surface area contributed by atoms with Gasteiger partial charge in [0.15, 0.2) is 5.16 Å². The summed E-state index contributed by atoms with van der Waals surface area (Å²) < 4.78 is 2.22. The van der Waals surface area contributed by atoms with Crippen LogP contribution < -0.4 is 10.6 Å². The summed E-state index contributed by atoms with van der Waals surface area (Å²) in [6, 6.07) is 13.7. The van der Waals surface area contributed by atoms with Gasteiger partial charge in [0, 0.05) is 36.1 Å². The molecule has 0 bridgehead atoms. The first-order valence-corrected chi connectivity index (χ1v) is 11.8. The Morgan fingerprint density at radius 3 is 2.70 bits per heavy atom. The number of rotatable bonds is 9. The Labute approximate surface area is 183 Å². The van der Waals surface area contributed by atoms with Crippen LogP contribution in [-0.4, -0.2) is 32.5 Å². The molecule has 2 N–H and O–H groups in total. The predicted molar refractivity (Wildman–Crippen MR) is 118 cm³/mol. The average molecular weight is 442 g/mol. The first-order valence-electron chi connectivity index (χ1n) is 9.89. The van der Waals surface area contributed by atoms with Crippen molar-refractivity contribution in [3.05, 3.63) is 64.1 Å². The lowest BCUT2D eigenvalue weighted by molar-refractivity contribution is -0.119. The monoisotopic (exact) mass is 441 g/mol. The van der Waals surface area contributed by atoms with Crippen molar-refractivity contribution in [3.63, 3.8) is 0 Å². The number of carbonyl (C=O) groups is 2. The topological polar surface area (TPSA) is 88.9 Å². The molecule has 0 atom stereocenters. The normalized spacial score (nSPS) is 13.2. The first kappa shape index (κ1) is 20.6. The number of imide groups is 1. The Balaban J connectivity index is 1.23. The van der Waals surface area contributed by atoms with E-state index in [1.54, 1.807) is 11.3 Å². The lowest BCUT2D eigenvalue weighted by Gasteiger charge is -2.09.